The molecule has 1 aromatic heterocycles. The highest BCUT2D eigenvalue weighted by molar-refractivity contribution is 5.59. The molecule has 1 saturated carbocycles. The Kier molecular flexibility index (Phi) is 2.40. The van der Waals surface area contributed by atoms with Crippen LogP contribution in [0.3, 0.4) is 0 Å². The van der Waals surface area contributed by atoms with Crippen molar-refractivity contribution < 1.29 is 4.39 Å². The summed E-state index contributed by atoms with van der Waals surface area (Å²) >= 11 is 0. The standard InChI is InChI=1S/C15H17FN4/c1-19-13(11-5-2-3-6-12(11)16)17-18-14(19)20-10-4-7-15(20)8-9-15/h2-3,5-6H,4,7-10H2,1H3. The minimum absolute atomic E-state index is 0.253. The van der Waals surface area contributed by atoms with Crippen molar-refractivity contribution in [3.8, 4) is 11.4 Å². The number of nitrogens with zero attached hydrogens (tertiary/aromatic N) is 4. The quantitative estimate of drug-likeness (QED) is 0.843. The highest BCUT2D eigenvalue weighted by Crippen LogP contribution is 2.51. The topological polar surface area (TPSA) is 34.0 Å². The van der Waals surface area contributed by atoms with Gasteiger partial charge in [0.05, 0.1) is 5.56 Å². The molecule has 2 aromatic rings. The van der Waals surface area contributed by atoms with Gasteiger partial charge in [-0.15, -0.1) is 10.2 Å². The highest BCUT2D eigenvalue weighted by atomic mass is 19.1. The lowest BCUT2D eigenvalue weighted by Gasteiger charge is -2.24. The van der Waals surface area contributed by atoms with Gasteiger partial charge in [-0.05, 0) is 37.8 Å². The Hall–Kier alpha value is -1.91. The van der Waals surface area contributed by atoms with E-state index in [1.165, 1.54) is 31.7 Å². The van der Waals surface area contributed by atoms with Crippen molar-refractivity contribution >= 4 is 5.95 Å². The largest absolute Gasteiger partial charge is 0.335 e. The van der Waals surface area contributed by atoms with Gasteiger partial charge in [0.2, 0.25) is 5.95 Å². The summed E-state index contributed by atoms with van der Waals surface area (Å²) in [6, 6.07) is 6.72. The normalized spacial score (nSPS) is 19.8. The fraction of sp³-hybridized carbons (Fsp3) is 0.467. The number of hydrogen-bond donors (Lipinski definition) is 0. The van der Waals surface area contributed by atoms with Crippen molar-refractivity contribution in [2.24, 2.45) is 7.05 Å². The van der Waals surface area contributed by atoms with Crippen molar-refractivity contribution in [2.45, 2.75) is 31.2 Å². The van der Waals surface area contributed by atoms with Crippen LogP contribution in [0.2, 0.25) is 0 Å². The lowest BCUT2D eigenvalue weighted by Crippen LogP contribution is -2.33. The number of anilines is 1. The molecule has 5 heteroatoms. The molecule has 0 bridgehead atoms. The van der Waals surface area contributed by atoms with Gasteiger partial charge >= 0.3 is 0 Å². The van der Waals surface area contributed by atoms with E-state index in [1.54, 1.807) is 12.1 Å². The molecule has 4 nitrogen and oxygen atoms in total. The molecule has 104 valence electrons. The molecule has 2 fully saturated rings. The van der Waals surface area contributed by atoms with Crippen LogP contribution in [0.4, 0.5) is 10.3 Å². The molecule has 0 N–H and O–H groups in total. The number of benzene rings is 1. The number of rotatable bonds is 2. The summed E-state index contributed by atoms with van der Waals surface area (Å²) in [6.45, 7) is 1.03. The zero-order valence-electron chi connectivity index (χ0n) is 11.5. The Labute approximate surface area is 117 Å². The van der Waals surface area contributed by atoms with Gasteiger partial charge in [0.15, 0.2) is 5.82 Å². The van der Waals surface area contributed by atoms with Crippen LogP contribution in [0.1, 0.15) is 25.7 Å². The van der Waals surface area contributed by atoms with Crippen molar-refractivity contribution in [3.63, 3.8) is 0 Å². The fourth-order valence-corrected chi connectivity index (χ4v) is 3.35. The maximum atomic E-state index is 13.9. The lowest BCUT2D eigenvalue weighted by molar-refractivity contribution is 0.627. The molecule has 1 saturated heterocycles. The molecule has 0 radical (unpaired) electrons. The molecular formula is C15H17FN4. The van der Waals surface area contributed by atoms with E-state index in [1.807, 2.05) is 17.7 Å². The summed E-state index contributed by atoms with van der Waals surface area (Å²) in [5.41, 5.74) is 0.839. The number of hydrogen-bond acceptors (Lipinski definition) is 3. The van der Waals surface area contributed by atoms with E-state index in [-0.39, 0.29) is 5.82 Å². The highest BCUT2D eigenvalue weighted by Gasteiger charge is 2.52. The van der Waals surface area contributed by atoms with Crippen LogP contribution in [0.25, 0.3) is 11.4 Å². The van der Waals surface area contributed by atoms with E-state index in [0.29, 0.717) is 16.9 Å². The summed E-state index contributed by atoms with van der Waals surface area (Å²) in [5, 5.41) is 8.54. The molecule has 1 aliphatic heterocycles. The maximum Gasteiger partial charge on any atom is 0.227 e. The van der Waals surface area contributed by atoms with Gasteiger partial charge in [0.1, 0.15) is 5.82 Å². The number of halogens is 1. The maximum absolute atomic E-state index is 13.9. The van der Waals surface area contributed by atoms with Crippen LogP contribution in [-0.4, -0.2) is 26.8 Å². The van der Waals surface area contributed by atoms with E-state index in [4.69, 9.17) is 0 Å². The molecule has 1 aliphatic carbocycles. The second-order valence-electron chi connectivity index (χ2n) is 5.84. The van der Waals surface area contributed by atoms with Crippen LogP contribution in [-0.2, 0) is 7.05 Å². The first-order valence-corrected chi connectivity index (χ1v) is 7.13. The smallest absolute Gasteiger partial charge is 0.227 e. The minimum atomic E-state index is -0.253. The van der Waals surface area contributed by atoms with Crippen LogP contribution in [0.5, 0.6) is 0 Å². The van der Waals surface area contributed by atoms with Crippen molar-refractivity contribution in [3.05, 3.63) is 30.1 Å². The summed E-state index contributed by atoms with van der Waals surface area (Å²) in [5.74, 6) is 1.22. The number of aromatic nitrogens is 3. The van der Waals surface area contributed by atoms with Crippen molar-refractivity contribution in [1.29, 1.82) is 0 Å². The average molecular weight is 272 g/mol. The van der Waals surface area contributed by atoms with Gasteiger partial charge in [-0.2, -0.15) is 0 Å². The predicted octanol–water partition coefficient (Wildman–Crippen LogP) is 2.75. The van der Waals surface area contributed by atoms with E-state index < -0.39 is 0 Å². The second kappa shape index (κ2) is 4.04. The molecule has 20 heavy (non-hydrogen) atoms. The molecular weight excluding hydrogens is 255 g/mol. The molecule has 0 atom stereocenters. The first-order chi connectivity index (χ1) is 9.71. The molecule has 2 aliphatic rings. The zero-order chi connectivity index (χ0) is 13.7. The molecule has 2 heterocycles. The van der Waals surface area contributed by atoms with Gasteiger partial charge in [0.25, 0.3) is 0 Å². The Morgan fingerprint density at radius 2 is 1.95 bits per heavy atom. The van der Waals surface area contributed by atoms with Crippen LogP contribution >= 0.6 is 0 Å². The van der Waals surface area contributed by atoms with Crippen LogP contribution < -0.4 is 4.90 Å². The third kappa shape index (κ3) is 1.58. The molecule has 0 amide bonds. The Balaban J connectivity index is 1.76. The summed E-state index contributed by atoms with van der Waals surface area (Å²) < 4.78 is 15.8. The van der Waals surface area contributed by atoms with Crippen LogP contribution in [0.15, 0.2) is 24.3 Å². The van der Waals surface area contributed by atoms with Crippen molar-refractivity contribution in [1.82, 2.24) is 14.8 Å². The van der Waals surface area contributed by atoms with E-state index in [0.717, 1.165) is 12.5 Å². The van der Waals surface area contributed by atoms with Gasteiger partial charge in [0, 0.05) is 19.1 Å². The third-order valence-electron chi connectivity index (χ3n) is 4.63. The van der Waals surface area contributed by atoms with Gasteiger partial charge in [-0.1, -0.05) is 12.1 Å². The first kappa shape index (κ1) is 11.9. The molecule has 4 rings (SSSR count). The minimum Gasteiger partial charge on any atom is -0.335 e. The molecule has 1 aromatic carbocycles. The Bertz CT molecular complexity index is 660. The Morgan fingerprint density at radius 3 is 2.70 bits per heavy atom. The fourth-order valence-electron chi connectivity index (χ4n) is 3.35. The van der Waals surface area contributed by atoms with Crippen LogP contribution in [0, 0.1) is 5.82 Å². The Morgan fingerprint density at radius 1 is 1.15 bits per heavy atom. The van der Waals surface area contributed by atoms with Crippen molar-refractivity contribution in [2.75, 3.05) is 11.4 Å². The summed E-state index contributed by atoms with van der Waals surface area (Å²) in [6.07, 6.45) is 4.95. The third-order valence-corrected chi connectivity index (χ3v) is 4.63. The first-order valence-electron chi connectivity index (χ1n) is 7.13. The average Bonchev–Trinajstić information content (AvgIpc) is 2.95. The van der Waals surface area contributed by atoms with E-state index in [9.17, 15) is 4.39 Å². The van der Waals surface area contributed by atoms with E-state index >= 15 is 0 Å². The predicted molar refractivity (Wildman–Crippen MR) is 74.9 cm³/mol. The lowest BCUT2D eigenvalue weighted by atomic mass is 10.2. The van der Waals surface area contributed by atoms with Gasteiger partial charge in [-0.25, -0.2) is 4.39 Å². The van der Waals surface area contributed by atoms with E-state index in [2.05, 4.69) is 15.1 Å². The second-order valence-corrected chi connectivity index (χ2v) is 5.84. The monoisotopic (exact) mass is 272 g/mol. The SMILES string of the molecule is Cn1c(-c2ccccc2F)nnc1N1CCCC12CC2. The molecule has 0 unspecified atom stereocenters. The summed E-state index contributed by atoms with van der Waals surface area (Å²) in [4.78, 5) is 2.37. The summed E-state index contributed by atoms with van der Waals surface area (Å²) in [7, 11) is 1.92. The van der Waals surface area contributed by atoms with Gasteiger partial charge < -0.3 is 4.90 Å². The molecule has 1 spiro atoms. The van der Waals surface area contributed by atoms with Gasteiger partial charge in [-0.3, -0.25) is 4.57 Å². The zero-order valence-corrected chi connectivity index (χ0v) is 11.5.